The molecule has 2 N–H and O–H groups in total. The average Bonchev–Trinajstić information content (AvgIpc) is 2.69. The van der Waals surface area contributed by atoms with E-state index < -0.39 is 0 Å². The van der Waals surface area contributed by atoms with Crippen LogP contribution >= 0.6 is 0 Å². The van der Waals surface area contributed by atoms with Crippen LogP contribution in [0.15, 0.2) is 48.8 Å². The quantitative estimate of drug-likeness (QED) is 0.837. The zero-order chi connectivity index (χ0) is 18.2. The van der Waals surface area contributed by atoms with Gasteiger partial charge in [0.05, 0.1) is 6.61 Å². The molecule has 0 radical (unpaired) electrons. The number of benzene rings is 1. The lowest BCUT2D eigenvalue weighted by Crippen LogP contribution is -2.55. The first kappa shape index (κ1) is 18.2. The van der Waals surface area contributed by atoms with E-state index in [4.69, 9.17) is 4.74 Å². The van der Waals surface area contributed by atoms with Gasteiger partial charge in [-0.1, -0.05) is 6.07 Å². The summed E-state index contributed by atoms with van der Waals surface area (Å²) in [5.41, 5.74) is 1.98. The van der Waals surface area contributed by atoms with E-state index in [1.54, 1.807) is 6.20 Å². The van der Waals surface area contributed by atoms with Crippen molar-refractivity contribution >= 4 is 11.7 Å². The number of nitrogens with one attached hydrogen (secondary N) is 2. The molecule has 1 aromatic heterocycles. The Morgan fingerprint density at radius 3 is 2.92 bits per heavy atom. The van der Waals surface area contributed by atoms with Gasteiger partial charge in [-0.2, -0.15) is 0 Å². The Balaban J connectivity index is 1.58. The molecule has 1 fully saturated rings. The largest absolute Gasteiger partial charge is 0.494 e. The maximum absolute atomic E-state index is 12.7. The molecule has 0 bridgehead atoms. The van der Waals surface area contributed by atoms with Crippen molar-refractivity contribution in [3.63, 3.8) is 0 Å². The minimum atomic E-state index is -0.0492. The van der Waals surface area contributed by atoms with Gasteiger partial charge in [-0.25, -0.2) is 4.79 Å². The summed E-state index contributed by atoms with van der Waals surface area (Å²) in [7, 11) is 0. The highest BCUT2D eigenvalue weighted by molar-refractivity contribution is 5.89. The van der Waals surface area contributed by atoms with E-state index >= 15 is 0 Å². The van der Waals surface area contributed by atoms with Gasteiger partial charge in [-0.15, -0.1) is 0 Å². The summed E-state index contributed by atoms with van der Waals surface area (Å²) >= 11 is 0. The number of nitrogens with zero attached hydrogens (tertiary/aromatic N) is 2. The number of rotatable bonds is 6. The molecule has 1 unspecified atom stereocenters. The Labute approximate surface area is 154 Å². The summed E-state index contributed by atoms with van der Waals surface area (Å²) in [5, 5.41) is 6.39. The van der Waals surface area contributed by atoms with Crippen LogP contribution in [-0.2, 0) is 6.42 Å². The van der Waals surface area contributed by atoms with Gasteiger partial charge >= 0.3 is 6.03 Å². The topological polar surface area (TPSA) is 66.5 Å². The van der Waals surface area contributed by atoms with Gasteiger partial charge in [-0.3, -0.25) is 4.98 Å². The highest BCUT2D eigenvalue weighted by atomic mass is 16.5. The van der Waals surface area contributed by atoms with Crippen LogP contribution in [0.1, 0.15) is 18.9 Å². The van der Waals surface area contributed by atoms with Gasteiger partial charge in [0.2, 0.25) is 0 Å². The third-order valence-corrected chi connectivity index (χ3v) is 4.52. The molecule has 1 aliphatic rings. The average molecular weight is 354 g/mol. The number of aromatic nitrogens is 1. The van der Waals surface area contributed by atoms with E-state index in [0.29, 0.717) is 13.2 Å². The molecule has 1 aromatic carbocycles. The van der Waals surface area contributed by atoms with Crippen LogP contribution in [0.2, 0.25) is 0 Å². The van der Waals surface area contributed by atoms with Crippen molar-refractivity contribution in [2.24, 2.45) is 0 Å². The van der Waals surface area contributed by atoms with Crippen LogP contribution < -0.4 is 15.4 Å². The Hall–Kier alpha value is -2.60. The van der Waals surface area contributed by atoms with Gasteiger partial charge in [0.1, 0.15) is 5.75 Å². The first-order valence-corrected chi connectivity index (χ1v) is 9.16. The van der Waals surface area contributed by atoms with Crippen LogP contribution in [0.4, 0.5) is 10.5 Å². The predicted octanol–water partition coefficient (Wildman–Crippen LogP) is 2.92. The molecule has 138 valence electrons. The number of ether oxygens (including phenoxy) is 1. The molecule has 2 heterocycles. The summed E-state index contributed by atoms with van der Waals surface area (Å²) in [5.74, 6) is 0.807. The first-order valence-electron chi connectivity index (χ1n) is 9.16. The zero-order valence-corrected chi connectivity index (χ0v) is 15.1. The number of hydrogen-bond acceptors (Lipinski definition) is 4. The van der Waals surface area contributed by atoms with Gasteiger partial charge < -0.3 is 20.3 Å². The number of urea groups is 1. The molecule has 2 aromatic rings. The predicted molar refractivity (Wildman–Crippen MR) is 103 cm³/mol. The summed E-state index contributed by atoms with van der Waals surface area (Å²) in [6.45, 7) is 4.93. The molecule has 6 heteroatoms. The second-order valence-electron chi connectivity index (χ2n) is 6.34. The van der Waals surface area contributed by atoms with Crippen molar-refractivity contribution in [3.05, 3.63) is 54.4 Å². The maximum atomic E-state index is 12.7. The van der Waals surface area contributed by atoms with E-state index in [1.807, 2.05) is 48.4 Å². The number of aryl methyl sites for hydroxylation is 1. The molecule has 0 aliphatic carbocycles. The molecule has 3 rings (SSSR count). The molecule has 6 nitrogen and oxygen atoms in total. The van der Waals surface area contributed by atoms with E-state index in [2.05, 4.69) is 21.7 Å². The number of carbonyl (C=O) groups is 1. The van der Waals surface area contributed by atoms with Crippen molar-refractivity contribution in [2.75, 3.05) is 31.6 Å². The number of amides is 2. The highest BCUT2D eigenvalue weighted by Crippen LogP contribution is 2.18. The summed E-state index contributed by atoms with van der Waals surface area (Å²) in [6, 6.07) is 11.6. The lowest BCUT2D eigenvalue weighted by atomic mass is 10.0. The summed E-state index contributed by atoms with van der Waals surface area (Å²) in [4.78, 5) is 18.8. The Morgan fingerprint density at radius 1 is 1.35 bits per heavy atom. The molecule has 1 atom stereocenters. The number of piperazine rings is 1. The molecule has 2 amide bonds. The second kappa shape index (κ2) is 9.20. The zero-order valence-electron chi connectivity index (χ0n) is 15.1. The monoisotopic (exact) mass is 354 g/mol. The van der Waals surface area contributed by atoms with Crippen LogP contribution in [0.5, 0.6) is 5.75 Å². The standard InChI is InChI=1S/C20H26N4O2/c1-2-26-19-9-6-17(7-10-19)23-20(25)24-13-12-22-15-18(24)8-5-16-4-3-11-21-14-16/h3-4,6-7,9-11,14,18,22H,2,5,8,12-13,15H2,1H3,(H,23,25). The fourth-order valence-electron chi connectivity index (χ4n) is 3.16. The highest BCUT2D eigenvalue weighted by Gasteiger charge is 2.26. The van der Waals surface area contributed by atoms with Gasteiger partial charge in [0.25, 0.3) is 0 Å². The third-order valence-electron chi connectivity index (χ3n) is 4.52. The summed E-state index contributed by atoms with van der Waals surface area (Å²) < 4.78 is 5.44. The van der Waals surface area contributed by atoms with E-state index in [9.17, 15) is 4.79 Å². The smallest absolute Gasteiger partial charge is 0.322 e. The SMILES string of the molecule is CCOc1ccc(NC(=O)N2CCNCC2CCc2cccnc2)cc1. The lowest BCUT2D eigenvalue weighted by molar-refractivity contribution is 0.166. The second-order valence-corrected chi connectivity index (χ2v) is 6.34. The number of carbonyl (C=O) groups excluding carboxylic acids is 1. The molecule has 0 saturated carbocycles. The van der Waals surface area contributed by atoms with Gasteiger partial charge in [0.15, 0.2) is 0 Å². The van der Waals surface area contributed by atoms with Crippen LogP contribution in [0.3, 0.4) is 0 Å². The fraction of sp³-hybridized carbons (Fsp3) is 0.400. The van der Waals surface area contributed by atoms with E-state index in [0.717, 1.165) is 37.4 Å². The van der Waals surface area contributed by atoms with Crippen molar-refractivity contribution < 1.29 is 9.53 Å². The third kappa shape index (κ3) is 4.95. The van der Waals surface area contributed by atoms with Crippen LogP contribution in [0.25, 0.3) is 0 Å². The minimum Gasteiger partial charge on any atom is -0.494 e. The number of pyridine rings is 1. The molecule has 1 saturated heterocycles. The fourth-order valence-corrected chi connectivity index (χ4v) is 3.16. The van der Waals surface area contributed by atoms with Crippen molar-refractivity contribution in [3.8, 4) is 5.75 Å². The number of anilines is 1. The van der Waals surface area contributed by atoms with E-state index in [-0.39, 0.29) is 12.1 Å². The Morgan fingerprint density at radius 2 is 2.19 bits per heavy atom. The normalized spacial score (nSPS) is 17.0. The molecular weight excluding hydrogens is 328 g/mol. The molecule has 26 heavy (non-hydrogen) atoms. The van der Waals surface area contributed by atoms with Gasteiger partial charge in [0, 0.05) is 43.8 Å². The Bertz CT molecular complexity index is 691. The van der Waals surface area contributed by atoms with Crippen molar-refractivity contribution in [2.45, 2.75) is 25.8 Å². The summed E-state index contributed by atoms with van der Waals surface area (Å²) in [6.07, 6.45) is 5.49. The van der Waals surface area contributed by atoms with Crippen molar-refractivity contribution in [1.29, 1.82) is 0 Å². The van der Waals surface area contributed by atoms with Crippen LogP contribution in [-0.4, -0.2) is 48.2 Å². The van der Waals surface area contributed by atoms with E-state index in [1.165, 1.54) is 5.56 Å². The molecular formula is C20H26N4O2. The van der Waals surface area contributed by atoms with Gasteiger partial charge in [-0.05, 0) is 55.7 Å². The first-order chi connectivity index (χ1) is 12.8. The van der Waals surface area contributed by atoms with Crippen LogP contribution in [0, 0.1) is 0 Å². The molecule has 1 aliphatic heterocycles. The number of hydrogen-bond donors (Lipinski definition) is 2. The minimum absolute atomic E-state index is 0.0492. The maximum Gasteiger partial charge on any atom is 0.322 e. The lowest BCUT2D eigenvalue weighted by Gasteiger charge is -2.36. The molecule has 0 spiro atoms. The van der Waals surface area contributed by atoms with Crippen molar-refractivity contribution in [1.82, 2.24) is 15.2 Å². The Kier molecular flexibility index (Phi) is 6.44.